The Labute approximate surface area is 566 Å². The van der Waals surface area contributed by atoms with Crippen LogP contribution < -0.4 is 0 Å². The molecule has 92 heavy (non-hydrogen) atoms. The van der Waals surface area contributed by atoms with Crippen molar-refractivity contribution < 1.29 is 42.1 Å². The molecule has 0 bridgehead atoms. The number of carbonyl (C=O) groups is 2. The molecule has 0 rings (SSSR count). The summed E-state index contributed by atoms with van der Waals surface area (Å²) in [5.41, 5.74) is 0. The van der Waals surface area contributed by atoms with Crippen molar-refractivity contribution in [1.82, 2.24) is 0 Å². The maximum atomic E-state index is 12.9. The van der Waals surface area contributed by atoms with Crippen LogP contribution in [0.3, 0.4) is 0 Å². The molecule has 0 aliphatic rings. The summed E-state index contributed by atoms with van der Waals surface area (Å²) in [5, 5.41) is 0. The Morgan fingerprint density at radius 3 is 0.880 bits per heavy atom. The van der Waals surface area contributed by atoms with Crippen LogP contribution in [0, 0.1) is 0 Å². The number of ether oxygens (including phenoxy) is 2. The summed E-state index contributed by atoms with van der Waals surface area (Å²) in [5.74, 6) is -0.836. The minimum atomic E-state index is -4.41. The van der Waals surface area contributed by atoms with Gasteiger partial charge < -0.3 is 18.9 Å². The minimum Gasteiger partial charge on any atom is -0.462 e. The molecule has 0 aliphatic carbocycles. The number of esters is 2. The molecule has 0 aromatic rings. The van der Waals surface area contributed by atoms with Crippen molar-refractivity contribution in [2.75, 3.05) is 47.5 Å². The Morgan fingerprint density at radius 1 is 0.337 bits per heavy atom. The summed E-state index contributed by atoms with van der Waals surface area (Å²) in [6.07, 6.45) is 107. The molecule has 0 spiro atoms. The van der Waals surface area contributed by atoms with E-state index >= 15 is 0 Å². The van der Waals surface area contributed by atoms with Crippen molar-refractivity contribution >= 4 is 19.8 Å². The zero-order chi connectivity index (χ0) is 66.9. The van der Waals surface area contributed by atoms with Crippen LogP contribution in [-0.2, 0) is 32.7 Å². The molecule has 0 amide bonds. The van der Waals surface area contributed by atoms with Crippen molar-refractivity contribution in [3.63, 3.8) is 0 Å². The molecule has 0 aliphatic heterocycles. The molecule has 2 unspecified atom stereocenters. The van der Waals surface area contributed by atoms with Gasteiger partial charge in [0, 0.05) is 12.8 Å². The van der Waals surface area contributed by atoms with Gasteiger partial charge in [0.15, 0.2) is 6.10 Å². The summed E-state index contributed by atoms with van der Waals surface area (Å²) in [6, 6.07) is 0. The van der Waals surface area contributed by atoms with Gasteiger partial charge in [-0.2, -0.15) is 0 Å². The van der Waals surface area contributed by atoms with Gasteiger partial charge >= 0.3 is 19.8 Å². The number of carbonyl (C=O) groups excluding carboxylic acids is 2. The van der Waals surface area contributed by atoms with Crippen molar-refractivity contribution in [1.29, 1.82) is 0 Å². The zero-order valence-electron chi connectivity index (χ0n) is 59.7. The number of quaternary nitrogens is 1. The molecule has 9 nitrogen and oxygen atoms in total. The number of unbranched alkanes of at least 4 members (excludes halogenated alkanes) is 27. The SMILES string of the molecule is CC/C=C\C/C=C\C/C=C\C/C=C\C/C=C\C/C=C\C/C=C\C/C=C\C/C=C\CCCCCC(=O)OC(COC(=O)CCCCCCCCCCCCCCCCCCCCCCCCCC/C=C\C/C=C\C/C=C\C/C=C\CC)COP(=O)(O)OCC[N+](C)(C)C. The van der Waals surface area contributed by atoms with E-state index in [1.165, 1.54) is 141 Å². The Morgan fingerprint density at radius 2 is 0.587 bits per heavy atom. The summed E-state index contributed by atoms with van der Waals surface area (Å²) in [7, 11) is 1.44. The molecule has 0 aromatic carbocycles. The van der Waals surface area contributed by atoms with Crippen LogP contribution in [0.25, 0.3) is 0 Å². The van der Waals surface area contributed by atoms with Crippen molar-refractivity contribution in [3.05, 3.63) is 158 Å². The molecule has 0 saturated heterocycles. The Bertz CT molecular complexity index is 2110. The number of phosphoric ester groups is 1. The van der Waals surface area contributed by atoms with Crippen molar-refractivity contribution in [2.45, 2.75) is 302 Å². The highest BCUT2D eigenvalue weighted by Crippen LogP contribution is 2.43. The van der Waals surface area contributed by atoms with E-state index < -0.39 is 26.5 Å². The van der Waals surface area contributed by atoms with Crippen LogP contribution in [0.2, 0.25) is 0 Å². The molecule has 524 valence electrons. The van der Waals surface area contributed by atoms with E-state index in [-0.39, 0.29) is 32.0 Å². The van der Waals surface area contributed by atoms with Gasteiger partial charge in [-0.25, -0.2) is 4.57 Å². The third-order valence-electron chi connectivity index (χ3n) is 15.6. The Balaban J connectivity index is 4.07. The zero-order valence-corrected chi connectivity index (χ0v) is 60.6. The number of likely N-dealkylation sites (N-methyl/N-ethyl adjacent to an activating group) is 1. The van der Waals surface area contributed by atoms with Crippen LogP contribution in [0.5, 0.6) is 0 Å². The summed E-state index contributed by atoms with van der Waals surface area (Å²) < 4.78 is 34.7. The highest BCUT2D eigenvalue weighted by atomic mass is 31.2. The van der Waals surface area contributed by atoms with Crippen molar-refractivity contribution in [3.8, 4) is 0 Å². The molecule has 2 atom stereocenters. The first-order valence-corrected chi connectivity index (χ1v) is 38.7. The lowest BCUT2D eigenvalue weighted by molar-refractivity contribution is -0.870. The van der Waals surface area contributed by atoms with Gasteiger partial charge in [-0.1, -0.05) is 320 Å². The average molecular weight is 1300 g/mol. The van der Waals surface area contributed by atoms with Gasteiger partial charge in [0.1, 0.15) is 19.8 Å². The lowest BCUT2D eigenvalue weighted by Gasteiger charge is -2.24. The summed E-state index contributed by atoms with van der Waals surface area (Å²) >= 11 is 0. The fourth-order valence-electron chi connectivity index (χ4n) is 9.94. The van der Waals surface area contributed by atoms with E-state index in [2.05, 4.69) is 172 Å². The molecule has 0 aromatic heterocycles. The van der Waals surface area contributed by atoms with E-state index in [0.717, 1.165) is 122 Å². The first-order valence-electron chi connectivity index (χ1n) is 37.2. The molecular formula is C82H139NO8P+. The van der Waals surface area contributed by atoms with Gasteiger partial charge in [-0.15, -0.1) is 0 Å². The summed E-state index contributed by atoms with van der Waals surface area (Å²) in [6.45, 7) is 4.18. The Kier molecular flexibility index (Phi) is 67.6. The lowest BCUT2D eigenvalue weighted by atomic mass is 10.0. The van der Waals surface area contributed by atoms with Crippen molar-refractivity contribution in [2.24, 2.45) is 0 Å². The number of rotatable bonds is 67. The van der Waals surface area contributed by atoms with E-state index in [1.807, 2.05) is 21.1 Å². The van der Waals surface area contributed by atoms with Gasteiger partial charge in [0.2, 0.25) is 0 Å². The van der Waals surface area contributed by atoms with Crippen LogP contribution in [0.4, 0.5) is 0 Å². The lowest BCUT2D eigenvalue weighted by Crippen LogP contribution is -2.37. The normalized spacial score (nSPS) is 14.0. The largest absolute Gasteiger partial charge is 0.472 e. The molecule has 0 saturated carbocycles. The number of nitrogens with zero attached hydrogens (tertiary/aromatic N) is 1. The van der Waals surface area contributed by atoms with Gasteiger partial charge in [0.05, 0.1) is 27.7 Å². The first-order chi connectivity index (χ1) is 45.0. The molecule has 10 heteroatoms. The quantitative estimate of drug-likeness (QED) is 0.0211. The predicted octanol–water partition coefficient (Wildman–Crippen LogP) is 24.7. The molecule has 0 heterocycles. The maximum Gasteiger partial charge on any atom is 0.472 e. The monoisotopic (exact) mass is 1300 g/mol. The molecule has 1 N–H and O–H groups in total. The first kappa shape index (κ1) is 87.6. The molecule has 0 fully saturated rings. The van der Waals surface area contributed by atoms with Gasteiger partial charge in [-0.05, 0) is 122 Å². The topological polar surface area (TPSA) is 108 Å². The maximum absolute atomic E-state index is 12.9. The Hall–Kier alpha value is -4.37. The second-order valence-electron chi connectivity index (χ2n) is 25.6. The average Bonchev–Trinajstić information content (AvgIpc) is 2.14. The number of phosphoric acid groups is 1. The fourth-order valence-corrected chi connectivity index (χ4v) is 10.7. The minimum absolute atomic E-state index is 0.0182. The van der Waals surface area contributed by atoms with Crippen LogP contribution >= 0.6 is 7.82 Å². The highest BCUT2D eigenvalue weighted by molar-refractivity contribution is 7.47. The van der Waals surface area contributed by atoms with E-state index in [1.54, 1.807) is 0 Å². The van der Waals surface area contributed by atoms with E-state index in [0.29, 0.717) is 17.4 Å². The number of hydrogen-bond acceptors (Lipinski definition) is 7. The third kappa shape index (κ3) is 74.7. The van der Waals surface area contributed by atoms with Crippen LogP contribution in [-0.4, -0.2) is 74.9 Å². The second-order valence-corrected chi connectivity index (χ2v) is 27.0. The highest BCUT2D eigenvalue weighted by Gasteiger charge is 2.27. The van der Waals surface area contributed by atoms with E-state index in [9.17, 15) is 19.0 Å². The third-order valence-corrected chi connectivity index (χ3v) is 16.5. The van der Waals surface area contributed by atoms with Crippen LogP contribution in [0.1, 0.15) is 296 Å². The number of allylic oxidation sites excluding steroid dienone is 26. The molecule has 0 radical (unpaired) electrons. The summed E-state index contributed by atoms with van der Waals surface area (Å²) in [4.78, 5) is 35.9. The van der Waals surface area contributed by atoms with E-state index in [4.69, 9.17) is 18.5 Å². The molecular weight excluding hydrogens is 1160 g/mol. The second kappa shape index (κ2) is 70.9. The van der Waals surface area contributed by atoms with Gasteiger partial charge in [0.25, 0.3) is 0 Å². The smallest absolute Gasteiger partial charge is 0.462 e. The predicted molar refractivity (Wildman–Crippen MR) is 399 cm³/mol. The fraction of sp³-hybridized carbons (Fsp3) is 0.659. The number of hydrogen-bond donors (Lipinski definition) is 1. The van der Waals surface area contributed by atoms with Crippen LogP contribution in [0.15, 0.2) is 158 Å². The standard InChI is InChI=1S/C82H138NO8P/c1-6-8-10-12-14-16-18-20-22-24-26-28-30-32-34-36-38-39-40-41-42-43-45-46-48-50-52-54-56-58-60-62-64-66-68-70-72-74-81(84)88-78-80(79-90-92(86,87)89-77-76-83(3,4)5)91-82(85)75-73-71-69-67-65-63-61-59-57-55-53-51-49-47-44-37-35-33-31-29-27-25-23-21-19-17-15-13-11-9-7-2/h8-11,14-17,20-23,26-29,33,35,44,47,51,53,57,59,63,65,80H,6-7,12-13,18-19,24-25,30-32,34,36-43,45-46,48-50,52,54-56,58,60-62,64,66-79H2,1-5H3/p+1/b10-8-,11-9-,16-14-,17-15-,22-20-,23-21-,28-26-,29-27-,35-33-,47-44-,53-51-,59-57-,65-63-. The van der Waals surface area contributed by atoms with Gasteiger partial charge in [-0.3, -0.25) is 18.6 Å².